The SMILES string of the molecule is CN(CCO)CCCCSc1ccccc1. The summed E-state index contributed by atoms with van der Waals surface area (Å²) in [5, 5.41) is 8.74. The van der Waals surface area contributed by atoms with Gasteiger partial charge >= 0.3 is 0 Å². The van der Waals surface area contributed by atoms with E-state index in [0.717, 1.165) is 13.1 Å². The van der Waals surface area contributed by atoms with Gasteiger partial charge in [-0.25, -0.2) is 0 Å². The molecule has 0 atom stereocenters. The summed E-state index contributed by atoms with van der Waals surface area (Å²) in [6.45, 7) is 2.12. The maximum atomic E-state index is 8.74. The van der Waals surface area contributed by atoms with E-state index in [1.165, 1.54) is 23.5 Å². The lowest BCUT2D eigenvalue weighted by molar-refractivity contribution is 0.220. The summed E-state index contributed by atoms with van der Waals surface area (Å²) >= 11 is 1.92. The highest BCUT2D eigenvalue weighted by atomic mass is 32.2. The number of rotatable bonds is 8. The lowest BCUT2D eigenvalue weighted by Crippen LogP contribution is -2.23. The number of benzene rings is 1. The van der Waals surface area contributed by atoms with E-state index in [1.807, 2.05) is 17.8 Å². The molecule has 1 aromatic carbocycles. The number of nitrogens with zero attached hydrogens (tertiary/aromatic N) is 1. The number of aliphatic hydroxyl groups is 1. The monoisotopic (exact) mass is 239 g/mol. The fraction of sp³-hybridized carbons (Fsp3) is 0.538. The molecule has 0 saturated heterocycles. The van der Waals surface area contributed by atoms with Gasteiger partial charge in [0.2, 0.25) is 0 Å². The van der Waals surface area contributed by atoms with E-state index in [4.69, 9.17) is 5.11 Å². The van der Waals surface area contributed by atoms with E-state index in [1.54, 1.807) is 0 Å². The van der Waals surface area contributed by atoms with Crippen LogP contribution in [0.1, 0.15) is 12.8 Å². The minimum atomic E-state index is 0.259. The second-order valence-electron chi connectivity index (χ2n) is 3.90. The predicted molar refractivity (Wildman–Crippen MR) is 71.0 cm³/mol. The first-order valence-corrected chi connectivity index (χ1v) is 6.78. The second-order valence-corrected chi connectivity index (χ2v) is 5.06. The van der Waals surface area contributed by atoms with Crippen molar-refractivity contribution in [3.05, 3.63) is 30.3 Å². The number of aliphatic hydroxyl groups excluding tert-OH is 1. The molecule has 0 fully saturated rings. The number of hydrogen-bond donors (Lipinski definition) is 1. The molecule has 0 aliphatic carbocycles. The summed E-state index contributed by atoms with van der Waals surface area (Å²) in [5.74, 6) is 1.18. The maximum absolute atomic E-state index is 8.74. The zero-order valence-electron chi connectivity index (χ0n) is 9.93. The van der Waals surface area contributed by atoms with Crippen LogP contribution in [0.15, 0.2) is 35.2 Å². The van der Waals surface area contributed by atoms with Gasteiger partial charge in [-0.3, -0.25) is 0 Å². The van der Waals surface area contributed by atoms with Gasteiger partial charge in [0.25, 0.3) is 0 Å². The fourth-order valence-corrected chi connectivity index (χ4v) is 2.41. The number of hydrogen-bond acceptors (Lipinski definition) is 3. The molecule has 1 N–H and O–H groups in total. The average molecular weight is 239 g/mol. The second kappa shape index (κ2) is 8.62. The molecular formula is C13H21NOS. The van der Waals surface area contributed by atoms with Crippen LogP contribution >= 0.6 is 11.8 Å². The van der Waals surface area contributed by atoms with Gasteiger partial charge in [0.1, 0.15) is 0 Å². The quantitative estimate of drug-likeness (QED) is 0.557. The lowest BCUT2D eigenvalue weighted by Gasteiger charge is -2.14. The molecule has 0 heterocycles. The van der Waals surface area contributed by atoms with Gasteiger partial charge in [-0.2, -0.15) is 0 Å². The minimum Gasteiger partial charge on any atom is -0.395 e. The molecule has 2 nitrogen and oxygen atoms in total. The predicted octanol–water partition coefficient (Wildman–Crippen LogP) is 2.48. The van der Waals surface area contributed by atoms with Gasteiger partial charge in [0.15, 0.2) is 0 Å². The van der Waals surface area contributed by atoms with E-state index < -0.39 is 0 Å². The molecule has 3 heteroatoms. The molecule has 0 spiro atoms. The minimum absolute atomic E-state index is 0.259. The van der Waals surface area contributed by atoms with E-state index in [2.05, 4.69) is 36.2 Å². The van der Waals surface area contributed by atoms with Crippen LogP contribution in [-0.4, -0.2) is 42.5 Å². The van der Waals surface area contributed by atoms with Crippen molar-refractivity contribution in [2.24, 2.45) is 0 Å². The van der Waals surface area contributed by atoms with Gasteiger partial charge in [-0.15, -0.1) is 11.8 Å². The largest absolute Gasteiger partial charge is 0.395 e. The number of thioether (sulfide) groups is 1. The normalized spacial score (nSPS) is 10.9. The van der Waals surface area contributed by atoms with Crippen molar-refractivity contribution in [2.75, 3.05) is 32.5 Å². The Balaban J connectivity index is 2.00. The van der Waals surface area contributed by atoms with Crippen molar-refractivity contribution in [1.82, 2.24) is 4.90 Å². The van der Waals surface area contributed by atoms with Crippen LogP contribution in [-0.2, 0) is 0 Å². The van der Waals surface area contributed by atoms with Crippen molar-refractivity contribution in [3.63, 3.8) is 0 Å². The van der Waals surface area contributed by atoms with Crippen LogP contribution < -0.4 is 0 Å². The third-order valence-corrected chi connectivity index (χ3v) is 3.53. The average Bonchev–Trinajstić information content (AvgIpc) is 2.30. The smallest absolute Gasteiger partial charge is 0.0558 e. The molecule has 0 unspecified atom stereocenters. The Bertz CT molecular complexity index is 266. The van der Waals surface area contributed by atoms with Gasteiger partial charge < -0.3 is 10.0 Å². The molecule has 0 aromatic heterocycles. The third kappa shape index (κ3) is 6.16. The molecule has 0 radical (unpaired) electrons. The first kappa shape index (κ1) is 13.6. The fourth-order valence-electron chi connectivity index (χ4n) is 1.47. The topological polar surface area (TPSA) is 23.5 Å². The van der Waals surface area contributed by atoms with Crippen LogP contribution in [0.25, 0.3) is 0 Å². The summed E-state index contributed by atoms with van der Waals surface area (Å²) in [4.78, 5) is 3.53. The number of unbranched alkanes of at least 4 members (excludes halogenated alkanes) is 1. The Morgan fingerprint density at radius 3 is 2.56 bits per heavy atom. The van der Waals surface area contributed by atoms with E-state index >= 15 is 0 Å². The van der Waals surface area contributed by atoms with Crippen LogP contribution in [0, 0.1) is 0 Å². The lowest BCUT2D eigenvalue weighted by atomic mass is 10.3. The number of likely N-dealkylation sites (N-methyl/N-ethyl adjacent to an activating group) is 1. The molecule has 90 valence electrons. The van der Waals surface area contributed by atoms with Crippen molar-refractivity contribution in [2.45, 2.75) is 17.7 Å². The Morgan fingerprint density at radius 2 is 1.88 bits per heavy atom. The molecule has 0 aliphatic rings. The first-order chi connectivity index (χ1) is 7.83. The van der Waals surface area contributed by atoms with Gasteiger partial charge in [0.05, 0.1) is 6.61 Å². The van der Waals surface area contributed by atoms with Crippen molar-refractivity contribution >= 4 is 11.8 Å². The van der Waals surface area contributed by atoms with Crippen molar-refractivity contribution < 1.29 is 5.11 Å². The summed E-state index contributed by atoms with van der Waals surface area (Å²) in [6.07, 6.45) is 2.44. The zero-order valence-corrected chi connectivity index (χ0v) is 10.7. The highest BCUT2D eigenvalue weighted by Crippen LogP contribution is 2.18. The van der Waals surface area contributed by atoms with Gasteiger partial charge in [0, 0.05) is 11.4 Å². The molecule has 0 saturated carbocycles. The third-order valence-electron chi connectivity index (χ3n) is 2.43. The summed E-state index contributed by atoms with van der Waals surface area (Å²) in [5.41, 5.74) is 0. The van der Waals surface area contributed by atoms with Crippen molar-refractivity contribution in [1.29, 1.82) is 0 Å². The Kier molecular flexibility index (Phi) is 7.30. The molecule has 0 bridgehead atoms. The maximum Gasteiger partial charge on any atom is 0.0558 e. The molecular weight excluding hydrogens is 218 g/mol. The van der Waals surface area contributed by atoms with Crippen LogP contribution in [0.4, 0.5) is 0 Å². The Hall–Kier alpha value is -0.510. The van der Waals surface area contributed by atoms with E-state index in [-0.39, 0.29) is 6.61 Å². The zero-order chi connectivity index (χ0) is 11.6. The summed E-state index contributed by atoms with van der Waals surface area (Å²) in [7, 11) is 2.06. The van der Waals surface area contributed by atoms with Gasteiger partial charge in [-0.1, -0.05) is 18.2 Å². The standard InChI is InChI=1S/C13H21NOS/c1-14(10-11-15)9-5-6-12-16-13-7-3-2-4-8-13/h2-4,7-8,15H,5-6,9-12H2,1H3. The molecule has 1 aromatic rings. The van der Waals surface area contributed by atoms with Crippen LogP contribution in [0.3, 0.4) is 0 Å². The molecule has 1 rings (SSSR count). The molecule has 0 amide bonds. The molecule has 0 aliphatic heterocycles. The van der Waals surface area contributed by atoms with E-state index in [0.29, 0.717) is 0 Å². The van der Waals surface area contributed by atoms with Crippen LogP contribution in [0.5, 0.6) is 0 Å². The highest BCUT2D eigenvalue weighted by Gasteiger charge is 1.97. The molecule has 16 heavy (non-hydrogen) atoms. The Morgan fingerprint density at radius 1 is 1.12 bits per heavy atom. The first-order valence-electron chi connectivity index (χ1n) is 5.80. The Labute approximate surface area is 103 Å². The summed E-state index contributed by atoms with van der Waals surface area (Å²) in [6, 6.07) is 10.5. The summed E-state index contributed by atoms with van der Waals surface area (Å²) < 4.78 is 0. The van der Waals surface area contributed by atoms with Crippen molar-refractivity contribution in [3.8, 4) is 0 Å². The highest BCUT2D eigenvalue weighted by molar-refractivity contribution is 7.99. The van der Waals surface area contributed by atoms with Crippen LogP contribution in [0.2, 0.25) is 0 Å². The van der Waals surface area contributed by atoms with E-state index in [9.17, 15) is 0 Å². The van der Waals surface area contributed by atoms with Gasteiger partial charge in [-0.05, 0) is 44.3 Å².